The molecule has 0 aliphatic carbocycles. The normalized spacial score (nSPS) is 19.2. The Morgan fingerprint density at radius 3 is 1.80 bits per heavy atom. The van der Waals surface area contributed by atoms with E-state index in [1.165, 1.54) is 16.9 Å². The zero-order valence-electron chi connectivity index (χ0n) is 14.9. The van der Waals surface area contributed by atoms with Crippen LogP contribution in [0.4, 0.5) is 11.4 Å². The molecule has 4 heteroatoms. The number of nitrogens with zero attached hydrogens (tertiary/aromatic N) is 3. The van der Waals surface area contributed by atoms with Crippen LogP contribution in [0.1, 0.15) is 5.56 Å². The maximum Gasteiger partial charge on any atom is 0.0368 e. The fourth-order valence-corrected chi connectivity index (χ4v) is 3.80. The summed E-state index contributed by atoms with van der Waals surface area (Å²) in [6.45, 7) is 9.95. The van der Waals surface area contributed by atoms with Crippen LogP contribution in [-0.2, 0) is 6.54 Å². The van der Waals surface area contributed by atoms with Gasteiger partial charge in [-0.3, -0.25) is 4.90 Å². The van der Waals surface area contributed by atoms with Crippen LogP contribution in [-0.4, -0.2) is 57.3 Å². The van der Waals surface area contributed by atoms with Crippen molar-refractivity contribution >= 4 is 11.4 Å². The van der Waals surface area contributed by atoms with Gasteiger partial charge in [0, 0.05) is 70.3 Å². The van der Waals surface area contributed by atoms with Gasteiger partial charge in [-0.1, -0.05) is 30.3 Å². The topological polar surface area (TPSA) is 21.8 Å². The van der Waals surface area contributed by atoms with E-state index in [1.54, 1.807) is 0 Å². The molecular weight excluding hydrogens is 308 g/mol. The second-order valence-electron chi connectivity index (χ2n) is 7.00. The first kappa shape index (κ1) is 16.4. The van der Waals surface area contributed by atoms with Crippen molar-refractivity contribution in [3.05, 3.63) is 60.2 Å². The standard InChI is InChI=1S/C21H28N4/c1-2-4-19(5-3-1)18-23-14-16-25(17-15-23)21-8-6-20(7-9-21)24-12-10-22-11-13-24/h1-9,22H,10-18H2. The van der Waals surface area contributed by atoms with Gasteiger partial charge in [-0.15, -0.1) is 0 Å². The van der Waals surface area contributed by atoms with E-state index >= 15 is 0 Å². The Morgan fingerprint density at radius 1 is 0.640 bits per heavy atom. The van der Waals surface area contributed by atoms with Crippen LogP contribution in [0, 0.1) is 0 Å². The minimum Gasteiger partial charge on any atom is -0.369 e. The maximum atomic E-state index is 3.41. The highest BCUT2D eigenvalue weighted by Gasteiger charge is 2.18. The van der Waals surface area contributed by atoms with Crippen molar-refractivity contribution in [1.82, 2.24) is 10.2 Å². The van der Waals surface area contributed by atoms with Gasteiger partial charge in [0.1, 0.15) is 0 Å². The molecule has 1 N–H and O–H groups in total. The first-order valence-electron chi connectivity index (χ1n) is 9.45. The second kappa shape index (κ2) is 7.89. The number of anilines is 2. The van der Waals surface area contributed by atoms with Crippen molar-refractivity contribution in [2.24, 2.45) is 0 Å². The highest BCUT2D eigenvalue weighted by Crippen LogP contribution is 2.22. The average molecular weight is 336 g/mol. The molecule has 2 aliphatic heterocycles. The molecule has 2 fully saturated rings. The summed E-state index contributed by atoms with van der Waals surface area (Å²) in [4.78, 5) is 7.54. The van der Waals surface area contributed by atoms with Crippen molar-refractivity contribution in [3.8, 4) is 0 Å². The maximum absolute atomic E-state index is 3.41. The van der Waals surface area contributed by atoms with Crippen LogP contribution < -0.4 is 15.1 Å². The van der Waals surface area contributed by atoms with Gasteiger partial charge in [0.2, 0.25) is 0 Å². The number of hydrogen-bond donors (Lipinski definition) is 1. The summed E-state index contributed by atoms with van der Waals surface area (Å²) >= 11 is 0. The monoisotopic (exact) mass is 336 g/mol. The highest BCUT2D eigenvalue weighted by atomic mass is 15.3. The molecule has 132 valence electrons. The molecule has 2 heterocycles. The second-order valence-corrected chi connectivity index (χ2v) is 7.00. The van der Waals surface area contributed by atoms with Crippen LogP contribution in [0.25, 0.3) is 0 Å². The predicted molar refractivity (Wildman–Crippen MR) is 105 cm³/mol. The van der Waals surface area contributed by atoms with Crippen LogP contribution >= 0.6 is 0 Å². The lowest BCUT2D eigenvalue weighted by Crippen LogP contribution is -2.46. The first-order chi connectivity index (χ1) is 12.4. The Balaban J connectivity index is 1.31. The Kier molecular flexibility index (Phi) is 5.19. The smallest absolute Gasteiger partial charge is 0.0368 e. The number of nitrogens with one attached hydrogen (secondary N) is 1. The van der Waals surface area contributed by atoms with Crippen molar-refractivity contribution in [3.63, 3.8) is 0 Å². The molecule has 0 saturated carbocycles. The number of hydrogen-bond acceptors (Lipinski definition) is 4. The van der Waals surface area contributed by atoms with Gasteiger partial charge in [0.15, 0.2) is 0 Å². The Bertz CT molecular complexity index is 641. The molecule has 4 rings (SSSR count). The summed E-state index contributed by atoms with van der Waals surface area (Å²) in [6, 6.07) is 20.0. The Hall–Kier alpha value is -2.04. The summed E-state index contributed by atoms with van der Waals surface area (Å²) in [7, 11) is 0. The molecule has 0 amide bonds. The van der Waals surface area contributed by atoms with E-state index in [0.29, 0.717) is 0 Å². The average Bonchev–Trinajstić information content (AvgIpc) is 2.70. The molecule has 2 saturated heterocycles. The van der Waals surface area contributed by atoms with Gasteiger partial charge in [-0.25, -0.2) is 0 Å². The minimum atomic E-state index is 1.07. The fourth-order valence-electron chi connectivity index (χ4n) is 3.80. The molecule has 2 aromatic carbocycles. The lowest BCUT2D eigenvalue weighted by atomic mass is 10.2. The molecule has 0 atom stereocenters. The first-order valence-corrected chi connectivity index (χ1v) is 9.45. The minimum absolute atomic E-state index is 1.07. The van der Waals surface area contributed by atoms with E-state index in [-0.39, 0.29) is 0 Å². The lowest BCUT2D eigenvalue weighted by molar-refractivity contribution is 0.250. The van der Waals surface area contributed by atoms with E-state index in [0.717, 1.165) is 58.9 Å². The summed E-state index contributed by atoms with van der Waals surface area (Å²) in [6.07, 6.45) is 0. The van der Waals surface area contributed by atoms with E-state index in [9.17, 15) is 0 Å². The van der Waals surface area contributed by atoms with Gasteiger partial charge in [0.05, 0.1) is 0 Å². The van der Waals surface area contributed by atoms with Crippen LogP contribution in [0.5, 0.6) is 0 Å². The van der Waals surface area contributed by atoms with Crippen molar-refractivity contribution in [1.29, 1.82) is 0 Å². The van der Waals surface area contributed by atoms with Gasteiger partial charge >= 0.3 is 0 Å². The third-order valence-electron chi connectivity index (χ3n) is 5.32. The number of piperazine rings is 2. The van der Waals surface area contributed by atoms with E-state index in [2.05, 4.69) is 74.6 Å². The van der Waals surface area contributed by atoms with Crippen molar-refractivity contribution in [2.45, 2.75) is 6.54 Å². The molecular formula is C21H28N4. The Morgan fingerprint density at radius 2 is 1.20 bits per heavy atom. The Labute approximate surface area is 151 Å². The molecule has 4 nitrogen and oxygen atoms in total. The van der Waals surface area contributed by atoms with E-state index in [4.69, 9.17) is 0 Å². The predicted octanol–water partition coefficient (Wildman–Crippen LogP) is 2.42. The number of rotatable bonds is 4. The van der Waals surface area contributed by atoms with Gasteiger partial charge in [-0.2, -0.15) is 0 Å². The van der Waals surface area contributed by atoms with Crippen LogP contribution in [0.2, 0.25) is 0 Å². The summed E-state index contributed by atoms with van der Waals surface area (Å²) in [5.74, 6) is 0. The van der Waals surface area contributed by atoms with Gasteiger partial charge in [0.25, 0.3) is 0 Å². The third kappa shape index (κ3) is 4.14. The van der Waals surface area contributed by atoms with Crippen LogP contribution in [0.3, 0.4) is 0 Å². The van der Waals surface area contributed by atoms with Gasteiger partial charge in [-0.05, 0) is 29.8 Å². The lowest BCUT2D eigenvalue weighted by Gasteiger charge is -2.36. The fraction of sp³-hybridized carbons (Fsp3) is 0.429. The molecule has 0 aromatic heterocycles. The largest absolute Gasteiger partial charge is 0.369 e. The molecule has 2 aromatic rings. The summed E-state index contributed by atoms with van der Waals surface area (Å²) in [5.41, 5.74) is 4.13. The van der Waals surface area contributed by atoms with Gasteiger partial charge < -0.3 is 15.1 Å². The quantitative estimate of drug-likeness (QED) is 0.925. The molecule has 0 spiro atoms. The van der Waals surface area contributed by atoms with Crippen LogP contribution in [0.15, 0.2) is 54.6 Å². The summed E-state index contributed by atoms with van der Waals surface area (Å²) < 4.78 is 0. The molecule has 25 heavy (non-hydrogen) atoms. The zero-order chi connectivity index (χ0) is 16.9. The molecule has 0 unspecified atom stereocenters. The number of benzene rings is 2. The molecule has 0 radical (unpaired) electrons. The third-order valence-corrected chi connectivity index (χ3v) is 5.32. The molecule has 2 aliphatic rings. The zero-order valence-corrected chi connectivity index (χ0v) is 14.9. The summed E-state index contributed by atoms with van der Waals surface area (Å²) in [5, 5.41) is 3.41. The molecule has 0 bridgehead atoms. The SMILES string of the molecule is c1ccc(CN2CCN(c3ccc(N4CCNCC4)cc3)CC2)cc1. The van der Waals surface area contributed by atoms with Crippen molar-refractivity contribution in [2.75, 3.05) is 62.2 Å². The van der Waals surface area contributed by atoms with E-state index in [1.807, 2.05) is 0 Å². The highest BCUT2D eigenvalue weighted by molar-refractivity contribution is 5.56. The van der Waals surface area contributed by atoms with E-state index < -0.39 is 0 Å². The van der Waals surface area contributed by atoms with Crippen molar-refractivity contribution < 1.29 is 0 Å².